The predicted molar refractivity (Wildman–Crippen MR) is 99.6 cm³/mol. The largest absolute Gasteiger partial charge is 0.497 e. The molecule has 1 aromatic rings. The number of methoxy groups -OCH3 is 2. The van der Waals surface area contributed by atoms with Gasteiger partial charge < -0.3 is 19.7 Å². The summed E-state index contributed by atoms with van der Waals surface area (Å²) in [5.74, 6) is 0.873. The van der Waals surface area contributed by atoms with Gasteiger partial charge in [-0.25, -0.2) is 0 Å². The zero-order valence-corrected chi connectivity index (χ0v) is 15.6. The molecular formula is C20H28N2O4. The van der Waals surface area contributed by atoms with Crippen LogP contribution < -0.4 is 19.7 Å². The molecule has 26 heavy (non-hydrogen) atoms. The molecule has 0 radical (unpaired) electrons. The Morgan fingerprint density at radius 2 is 1.85 bits per heavy atom. The summed E-state index contributed by atoms with van der Waals surface area (Å²) in [5.41, 5.74) is 0.654. The van der Waals surface area contributed by atoms with Crippen LogP contribution in [-0.4, -0.2) is 38.6 Å². The lowest BCUT2D eigenvalue weighted by Gasteiger charge is -2.21. The van der Waals surface area contributed by atoms with Crippen LogP contribution in [0.25, 0.3) is 0 Å². The van der Waals surface area contributed by atoms with E-state index in [1.807, 2.05) is 0 Å². The zero-order chi connectivity index (χ0) is 18.5. The summed E-state index contributed by atoms with van der Waals surface area (Å²) in [7, 11) is 3.16. The number of carbonyl (C=O) groups excluding carboxylic acids is 2. The van der Waals surface area contributed by atoms with E-state index in [0.717, 1.165) is 12.8 Å². The van der Waals surface area contributed by atoms with Crippen LogP contribution in [0.4, 0.5) is 5.69 Å². The van der Waals surface area contributed by atoms with Gasteiger partial charge in [-0.15, -0.1) is 0 Å². The highest BCUT2D eigenvalue weighted by Crippen LogP contribution is 2.36. The fourth-order valence-corrected chi connectivity index (χ4v) is 3.87. The maximum absolute atomic E-state index is 12.7. The molecule has 2 fully saturated rings. The van der Waals surface area contributed by atoms with Crippen LogP contribution in [0.2, 0.25) is 0 Å². The van der Waals surface area contributed by atoms with Gasteiger partial charge in [0.15, 0.2) is 0 Å². The number of anilines is 1. The van der Waals surface area contributed by atoms with Gasteiger partial charge in [-0.3, -0.25) is 9.59 Å². The van der Waals surface area contributed by atoms with Gasteiger partial charge in [0.25, 0.3) is 0 Å². The molecule has 2 aliphatic rings. The van der Waals surface area contributed by atoms with Crippen LogP contribution in [0.15, 0.2) is 18.2 Å². The van der Waals surface area contributed by atoms with Crippen molar-refractivity contribution in [1.82, 2.24) is 5.32 Å². The molecule has 1 aliphatic heterocycles. The highest BCUT2D eigenvalue weighted by molar-refractivity contribution is 6.01. The highest BCUT2D eigenvalue weighted by atomic mass is 16.5. The molecule has 2 amide bonds. The van der Waals surface area contributed by atoms with E-state index in [1.165, 1.54) is 25.7 Å². The Morgan fingerprint density at radius 3 is 2.50 bits per heavy atom. The lowest BCUT2D eigenvalue weighted by Crippen LogP contribution is -2.39. The normalized spacial score (nSPS) is 21.4. The van der Waals surface area contributed by atoms with Gasteiger partial charge in [0, 0.05) is 25.1 Å². The molecular weight excluding hydrogens is 332 g/mol. The minimum atomic E-state index is -0.318. The van der Waals surface area contributed by atoms with E-state index in [4.69, 9.17) is 9.47 Å². The van der Waals surface area contributed by atoms with E-state index in [2.05, 4.69) is 5.32 Å². The number of benzene rings is 1. The molecule has 1 saturated heterocycles. The Balaban J connectivity index is 1.69. The average Bonchev–Trinajstić information content (AvgIpc) is 2.87. The third kappa shape index (κ3) is 4.11. The van der Waals surface area contributed by atoms with E-state index < -0.39 is 0 Å². The van der Waals surface area contributed by atoms with E-state index in [-0.39, 0.29) is 30.2 Å². The first-order chi connectivity index (χ1) is 12.6. The summed E-state index contributed by atoms with van der Waals surface area (Å²) in [6.45, 7) is 0.376. The Labute approximate surface area is 154 Å². The van der Waals surface area contributed by atoms with Crippen LogP contribution in [0.5, 0.6) is 11.5 Å². The van der Waals surface area contributed by atoms with Gasteiger partial charge in [-0.2, -0.15) is 0 Å². The Bertz CT molecular complexity index is 653. The third-order valence-electron chi connectivity index (χ3n) is 5.37. The summed E-state index contributed by atoms with van der Waals surface area (Å²) >= 11 is 0. The first-order valence-corrected chi connectivity index (χ1v) is 9.45. The SMILES string of the molecule is COc1ccc(OC)c(N2C[C@@H](C(=O)NC3CCCCCC3)CC2=O)c1. The quantitative estimate of drug-likeness (QED) is 0.820. The van der Waals surface area contributed by atoms with E-state index >= 15 is 0 Å². The number of rotatable bonds is 5. The van der Waals surface area contributed by atoms with Crippen molar-refractivity contribution in [2.45, 2.75) is 51.0 Å². The van der Waals surface area contributed by atoms with Crippen LogP contribution in [0, 0.1) is 5.92 Å². The molecule has 3 rings (SSSR count). The second-order valence-corrected chi connectivity index (χ2v) is 7.14. The Hall–Kier alpha value is -2.24. The fourth-order valence-electron chi connectivity index (χ4n) is 3.87. The second kappa shape index (κ2) is 8.43. The number of amides is 2. The molecule has 1 saturated carbocycles. The van der Waals surface area contributed by atoms with Gasteiger partial charge in [-0.1, -0.05) is 25.7 Å². The molecule has 1 aliphatic carbocycles. The Morgan fingerprint density at radius 1 is 1.12 bits per heavy atom. The zero-order valence-electron chi connectivity index (χ0n) is 15.6. The van der Waals surface area contributed by atoms with E-state index in [0.29, 0.717) is 23.7 Å². The van der Waals surface area contributed by atoms with Gasteiger partial charge in [-0.05, 0) is 25.0 Å². The number of ether oxygens (including phenoxy) is 2. The monoisotopic (exact) mass is 360 g/mol. The number of carbonyl (C=O) groups is 2. The average molecular weight is 360 g/mol. The van der Waals surface area contributed by atoms with E-state index in [9.17, 15) is 9.59 Å². The molecule has 1 aromatic carbocycles. The molecule has 6 heteroatoms. The smallest absolute Gasteiger partial charge is 0.227 e. The summed E-state index contributed by atoms with van der Waals surface area (Å²) in [5, 5.41) is 3.17. The highest BCUT2D eigenvalue weighted by Gasteiger charge is 2.37. The summed E-state index contributed by atoms with van der Waals surface area (Å²) in [6.07, 6.45) is 7.15. The maximum atomic E-state index is 12.7. The number of hydrogen-bond acceptors (Lipinski definition) is 4. The molecule has 0 bridgehead atoms. The van der Waals surface area contributed by atoms with Gasteiger partial charge in [0.1, 0.15) is 11.5 Å². The van der Waals surface area contributed by atoms with Crippen LogP contribution in [0.1, 0.15) is 44.9 Å². The van der Waals surface area contributed by atoms with Gasteiger partial charge in [0.05, 0.1) is 25.8 Å². The lowest BCUT2D eigenvalue weighted by atomic mass is 10.0. The first-order valence-electron chi connectivity index (χ1n) is 9.45. The topological polar surface area (TPSA) is 67.9 Å². The van der Waals surface area contributed by atoms with Crippen molar-refractivity contribution >= 4 is 17.5 Å². The minimum absolute atomic E-state index is 0.00499. The number of nitrogens with one attached hydrogen (secondary N) is 1. The molecule has 142 valence electrons. The lowest BCUT2D eigenvalue weighted by molar-refractivity contribution is -0.127. The maximum Gasteiger partial charge on any atom is 0.227 e. The Kier molecular flexibility index (Phi) is 6.01. The molecule has 1 heterocycles. The van der Waals surface area contributed by atoms with Crippen LogP contribution in [-0.2, 0) is 9.59 Å². The van der Waals surface area contributed by atoms with Crippen molar-refractivity contribution in [2.75, 3.05) is 25.7 Å². The fraction of sp³-hybridized carbons (Fsp3) is 0.600. The second-order valence-electron chi connectivity index (χ2n) is 7.14. The van der Waals surface area contributed by atoms with E-state index in [1.54, 1.807) is 37.3 Å². The van der Waals surface area contributed by atoms with Crippen molar-refractivity contribution < 1.29 is 19.1 Å². The molecule has 6 nitrogen and oxygen atoms in total. The van der Waals surface area contributed by atoms with Crippen molar-refractivity contribution in [3.63, 3.8) is 0 Å². The molecule has 1 N–H and O–H groups in total. The van der Waals surface area contributed by atoms with Crippen molar-refractivity contribution in [3.8, 4) is 11.5 Å². The molecule has 0 aromatic heterocycles. The van der Waals surface area contributed by atoms with Gasteiger partial charge >= 0.3 is 0 Å². The van der Waals surface area contributed by atoms with Crippen molar-refractivity contribution in [2.24, 2.45) is 5.92 Å². The predicted octanol–water partition coefficient (Wildman–Crippen LogP) is 2.90. The molecule has 0 unspecified atom stereocenters. The minimum Gasteiger partial charge on any atom is -0.497 e. The number of hydrogen-bond donors (Lipinski definition) is 1. The summed E-state index contributed by atoms with van der Waals surface area (Å²) in [4.78, 5) is 26.9. The molecule has 1 atom stereocenters. The standard InChI is InChI=1S/C20H28N2O4/c1-25-16-9-10-18(26-2)17(12-16)22-13-14(11-19(22)23)20(24)21-15-7-5-3-4-6-8-15/h9-10,12,14-15H,3-8,11,13H2,1-2H3,(H,21,24)/t14-/m0/s1. The number of nitrogens with zero attached hydrogens (tertiary/aromatic N) is 1. The summed E-state index contributed by atoms with van der Waals surface area (Å²) < 4.78 is 10.6. The van der Waals surface area contributed by atoms with Crippen molar-refractivity contribution in [3.05, 3.63) is 18.2 Å². The van der Waals surface area contributed by atoms with Gasteiger partial charge in [0.2, 0.25) is 11.8 Å². The molecule has 0 spiro atoms. The van der Waals surface area contributed by atoms with Crippen molar-refractivity contribution in [1.29, 1.82) is 0 Å². The van der Waals surface area contributed by atoms with Crippen LogP contribution in [0.3, 0.4) is 0 Å². The van der Waals surface area contributed by atoms with Crippen LogP contribution >= 0.6 is 0 Å². The first kappa shape index (κ1) is 18.5. The third-order valence-corrected chi connectivity index (χ3v) is 5.37. The summed E-state index contributed by atoms with van der Waals surface area (Å²) in [6, 6.07) is 5.60.